The van der Waals surface area contributed by atoms with Crippen LogP contribution in [0.3, 0.4) is 0 Å². The predicted octanol–water partition coefficient (Wildman–Crippen LogP) is 2.20. The third-order valence-electron chi connectivity index (χ3n) is 0.390. The number of rotatable bonds is 0. The highest BCUT2D eigenvalue weighted by molar-refractivity contribution is 9.00. The molecule has 0 saturated carbocycles. The molecular formula is CH2P2S3. The summed E-state index contributed by atoms with van der Waals surface area (Å²) in [5.41, 5.74) is -0.355. The van der Waals surface area contributed by atoms with Gasteiger partial charge >= 0.3 is 0 Å². The standard InChI is InChI=1S/CH2P2S3/c4-1-2-3(5)6-1/h2-3H. The molecule has 1 saturated heterocycles. The topological polar surface area (TPSA) is 0 Å². The van der Waals surface area contributed by atoms with E-state index in [-0.39, 0.29) is 5.59 Å². The van der Waals surface area contributed by atoms with Crippen molar-refractivity contribution < 1.29 is 0 Å². The normalized spacial score (nSPS) is 36.7. The van der Waals surface area contributed by atoms with Crippen LogP contribution in [-0.2, 0) is 11.8 Å². The van der Waals surface area contributed by atoms with Crippen molar-refractivity contribution in [2.45, 2.75) is 0 Å². The van der Waals surface area contributed by atoms with Crippen LogP contribution in [0.2, 0.25) is 0 Å². The second-order valence-electron chi connectivity index (χ2n) is 0.802. The van der Waals surface area contributed by atoms with Gasteiger partial charge in [-0.2, -0.15) is 0 Å². The molecule has 0 aromatic rings. The summed E-state index contributed by atoms with van der Waals surface area (Å²) in [5, 5.41) is 0. The summed E-state index contributed by atoms with van der Waals surface area (Å²) in [6.45, 7) is 0. The van der Waals surface area contributed by atoms with Crippen LogP contribution in [0, 0.1) is 0 Å². The Kier molecular flexibility index (Phi) is 2.07. The molecule has 1 heterocycles. The van der Waals surface area contributed by atoms with Crippen LogP contribution < -0.4 is 0 Å². The zero-order chi connectivity index (χ0) is 4.57. The van der Waals surface area contributed by atoms with E-state index in [1.54, 1.807) is 11.4 Å². The Bertz CT molecular complexity index is 85.4. The van der Waals surface area contributed by atoms with Gasteiger partial charge in [0.05, 0.1) is 3.94 Å². The zero-order valence-electron chi connectivity index (χ0n) is 2.72. The molecule has 1 aliphatic rings. The molecule has 0 nitrogen and oxygen atoms in total. The van der Waals surface area contributed by atoms with Crippen molar-refractivity contribution in [3.05, 3.63) is 0 Å². The summed E-state index contributed by atoms with van der Waals surface area (Å²) in [6, 6.07) is 0. The van der Waals surface area contributed by atoms with Crippen molar-refractivity contribution in [1.82, 2.24) is 0 Å². The Balaban J connectivity index is 2.47. The zero-order valence-corrected chi connectivity index (χ0v) is 7.17. The van der Waals surface area contributed by atoms with Crippen molar-refractivity contribution >= 4 is 53.2 Å². The van der Waals surface area contributed by atoms with Gasteiger partial charge in [-0.15, -0.1) is 0 Å². The minimum atomic E-state index is -0.355. The smallest absolute Gasteiger partial charge is 0.0783 e. The van der Waals surface area contributed by atoms with Gasteiger partial charge in [0.1, 0.15) is 0 Å². The van der Waals surface area contributed by atoms with Gasteiger partial charge in [0.25, 0.3) is 0 Å². The first kappa shape index (κ1) is 5.65. The summed E-state index contributed by atoms with van der Waals surface area (Å²) < 4.78 is 1.15. The lowest BCUT2D eigenvalue weighted by Crippen LogP contribution is -1.73. The lowest BCUT2D eigenvalue weighted by Gasteiger charge is -2.12. The molecule has 0 aliphatic carbocycles. The third-order valence-corrected chi connectivity index (χ3v) is 10.5. The molecule has 6 heavy (non-hydrogen) atoms. The van der Waals surface area contributed by atoms with Crippen LogP contribution in [0.25, 0.3) is 0 Å². The Morgan fingerprint density at radius 2 is 2.33 bits per heavy atom. The predicted molar refractivity (Wildman–Crippen MR) is 44.2 cm³/mol. The summed E-state index contributed by atoms with van der Waals surface area (Å²) in [7, 11) is 0.880. The number of hydrogen-bond acceptors (Lipinski definition) is 3. The van der Waals surface area contributed by atoms with Crippen molar-refractivity contribution in [3.63, 3.8) is 0 Å². The molecule has 0 N–H and O–H groups in total. The molecule has 1 rings (SSSR count). The third kappa shape index (κ3) is 1.24. The molecule has 0 spiro atoms. The highest BCUT2D eigenvalue weighted by Gasteiger charge is 2.12. The fraction of sp³-hybridized carbons (Fsp3) is 0. The van der Waals surface area contributed by atoms with Gasteiger partial charge in [0, 0.05) is 5.59 Å². The Morgan fingerprint density at radius 1 is 1.83 bits per heavy atom. The van der Waals surface area contributed by atoms with Gasteiger partial charge in [-0.05, 0) is 8.27 Å². The molecule has 1 aliphatic heterocycles. The first-order valence-electron chi connectivity index (χ1n) is 1.32. The summed E-state index contributed by atoms with van der Waals surface area (Å²) >= 11 is 11.5. The minimum absolute atomic E-state index is 0.355. The summed E-state index contributed by atoms with van der Waals surface area (Å²) in [5.74, 6) is 0. The van der Waals surface area contributed by atoms with Gasteiger partial charge < -0.3 is 0 Å². The van der Waals surface area contributed by atoms with Crippen molar-refractivity contribution in [2.24, 2.45) is 0 Å². The van der Waals surface area contributed by atoms with Crippen LogP contribution in [0.1, 0.15) is 0 Å². The van der Waals surface area contributed by atoms with E-state index in [1.165, 1.54) is 0 Å². The maximum Gasteiger partial charge on any atom is 0.0783 e. The van der Waals surface area contributed by atoms with E-state index in [4.69, 9.17) is 24.0 Å². The molecule has 0 radical (unpaired) electrons. The van der Waals surface area contributed by atoms with Crippen LogP contribution in [-0.4, -0.2) is 3.94 Å². The quantitative estimate of drug-likeness (QED) is 0.406. The maximum absolute atomic E-state index is 4.93. The van der Waals surface area contributed by atoms with E-state index in [0.29, 0.717) is 0 Å². The largest absolute Gasteiger partial charge is 0.0841 e. The Labute approximate surface area is 53.3 Å². The van der Waals surface area contributed by atoms with Gasteiger partial charge in [-0.3, -0.25) is 0 Å². The van der Waals surface area contributed by atoms with Crippen LogP contribution in [0.15, 0.2) is 0 Å². The molecule has 2 unspecified atom stereocenters. The van der Waals surface area contributed by atoms with Gasteiger partial charge in [0.2, 0.25) is 0 Å². The van der Waals surface area contributed by atoms with E-state index in [0.717, 1.165) is 12.2 Å². The van der Waals surface area contributed by atoms with Crippen molar-refractivity contribution in [3.8, 4) is 0 Å². The second kappa shape index (κ2) is 2.19. The molecule has 0 aromatic carbocycles. The average Bonchev–Trinajstić information content (AvgIpc) is 1.33. The summed E-state index contributed by atoms with van der Waals surface area (Å²) in [4.78, 5) is 0. The molecule has 1 fully saturated rings. The van der Waals surface area contributed by atoms with Crippen LogP contribution >= 0.6 is 37.5 Å². The highest BCUT2D eigenvalue weighted by Crippen LogP contribution is 2.70. The number of thiocarbonyl (C=S) groups is 1. The molecule has 34 valence electrons. The Morgan fingerprint density at radius 3 is 2.33 bits per heavy atom. The summed E-state index contributed by atoms with van der Waals surface area (Å²) in [6.07, 6.45) is 0. The van der Waals surface area contributed by atoms with Crippen molar-refractivity contribution in [1.29, 1.82) is 0 Å². The van der Waals surface area contributed by atoms with Crippen LogP contribution in [0.5, 0.6) is 0 Å². The maximum atomic E-state index is 4.93. The first-order valence-corrected chi connectivity index (χ1v) is 7.90. The highest BCUT2D eigenvalue weighted by atomic mass is 33.1. The fourth-order valence-electron chi connectivity index (χ4n) is 0.172. The molecule has 5 heteroatoms. The van der Waals surface area contributed by atoms with E-state index in [1.807, 2.05) is 0 Å². The van der Waals surface area contributed by atoms with Crippen LogP contribution in [0.4, 0.5) is 0 Å². The molecule has 0 amide bonds. The lowest BCUT2D eigenvalue weighted by molar-refractivity contribution is 4.05. The molecule has 2 atom stereocenters. The molecular weight excluding hydrogens is 170 g/mol. The Hall–Kier alpha value is 1.52. The molecule has 0 aromatic heterocycles. The van der Waals surface area contributed by atoms with Crippen molar-refractivity contribution in [2.75, 3.05) is 0 Å². The van der Waals surface area contributed by atoms with Gasteiger partial charge in [0.15, 0.2) is 0 Å². The average molecular weight is 172 g/mol. The monoisotopic (exact) mass is 172 g/mol. The fourth-order valence-corrected chi connectivity index (χ4v) is 11.2. The van der Waals surface area contributed by atoms with E-state index >= 15 is 0 Å². The van der Waals surface area contributed by atoms with Gasteiger partial charge in [-0.25, -0.2) is 0 Å². The first-order chi connectivity index (χ1) is 2.79. The van der Waals surface area contributed by atoms with E-state index < -0.39 is 0 Å². The van der Waals surface area contributed by atoms with E-state index in [2.05, 4.69) is 0 Å². The number of hydrogen-bond donors (Lipinski definition) is 0. The minimum Gasteiger partial charge on any atom is -0.0841 e. The second-order valence-corrected chi connectivity index (χ2v) is 12.4. The van der Waals surface area contributed by atoms with Gasteiger partial charge in [-0.1, -0.05) is 35.4 Å². The SMILES string of the molecule is S=C1P[PH](=S)S1. The van der Waals surface area contributed by atoms with E-state index in [9.17, 15) is 0 Å². The molecule has 0 bridgehead atoms. The lowest BCUT2D eigenvalue weighted by atomic mass is 11.9.